The first-order valence-electron chi connectivity index (χ1n) is 6.89. The van der Waals surface area contributed by atoms with Gasteiger partial charge in [-0.25, -0.2) is 23.7 Å². The molecule has 7 heteroatoms. The summed E-state index contributed by atoms with van der Waals surface area (Å²) in [5.41, 5.74) is 7.93. The molecular weight excluding hydrogens is 302 g/mol. The summed E-state index contributed by atoms with van der Waals surface area (Å²) >= 11 is 0. The summed E-state index contributed by atoms with van der Waals surface area (Å²) in [5.74, 6) is 0.168. The van der Waals surface area contributed by atoms with Gasteiger partial charge in [0.05, 0.1) is 5.69 Å². The van der Waals surface area contributed by atoms with E-state index in [4.69, 9.17) is 5.73 Å². The fourth-order valence-electron chi connectivity index (χ4n) is 2.59. The molecule has 2 heterocycles. The maximum Gasteiger partial charge on any atom is 0.280 e. The quantitative estimate of drug-likeness (QED) is 0.755. The molecule has 3 rings (SSSR count). The molecule has 0 spiro atoms. The van der Waals surface area contributed by atoms with E-state index in [0.29, 0.717) is 22.0 Å². The number of pyridine rings is 1. The normalized spacial score (nSPS) is 11.3. The van der Waals surface area contributed by atoms with Gasteiger partial charge in [0.25, 0.3) is 6.43 Å². The Morgan fingerprint density at radius 1 is 1.17 bits per heavy atom. The highest BCUT2D eigenvalue weighted by Crippen LogP contribution is 2.37. The Balaban J connectivity index is 2.46. The fraction of sp³-hybridized carbons (Fsp3) is 0.188. The van der Waals surface area contributed by atoms with Gasteiger partial charge in [-0.1, -0.05) is 6.07 Å². The maximum atomic E-state index is 13.2. The number of fused-ring (bicyclic) bond motifs is 1. The highest BCUT2D eigenvalue weighted by Gasteiger charge is 2.20. The monoisotopic (exact) mass is 316 g/mol. The van der Waals surface area contributed by atoms with Gasteiger partial charge in [0.15, 0.2) is 0 Å². The number of benzene rings is 1. The number of aromatic hydroxyl groups is 1. The fourth-order valence-corrected chi connectivity index (χ4v) is 2.59. The summed E-state index contributed by atoms with van der Waals surface area (Å²) < 4.78 is 26.4. The zero-order chi connectivity index (χ0) is 16.7. The second kappa shape index (κ2) is 5.42. The van der Waals surface area contributed by atoms with Crippen LogP contribution in [0.15, 0.2) is 24.5 Å². The second-order valence-electron chi connectivity index (χ2n) is 5.25. The summed E-state index contributed by atoms with van der Waals surface area (Å²) in [7, 11) is 0. The summed E-state index contributed by atoms with van der Waals surface area (Å²) in [4.78, 5) is 12.1. The summed E-state index contributed by atoms with van der Waals surface area (Å²) in [6, 6.07) is 4.45. The van der Waals surface area contributed by atoms with E-state index in [1.54, 1.807) is 19.1 Å². The SMILES string of the molecule is Cc1ccc(O)c(C)c1-c1nc(C(F)F)cc2c(N)ncnc12. The van der Waals surface area contributed by atoms with Gasteiger partial charge in [-0.3, -0.25) is 0 Å². The molecule has 0 aliphatic heterocycles. The van der Waals surface area contributed by atoms with Crippen molar-refractivity contribution in [2.45, 2.75) is 20.3 Å². The van der Waals surface area contributed by atoms with Crippen molar-refractivity contribution < 1.29 is 13.9 Å². The number of phenols is 1. The van der Waals surface area contributed by atoms with Crippen molar-refractivity contribution in [1.82, 2.24) is 15.0 Å². The van der Waals surface area contributed by atoms with E-state index < -0.39 is 12.1 Å². The predicted octanol–water partition coefficient (Wildman–Crippen LogP) is 3.53. The van der Waals surface area contributed by atoms with Gasteiger partial charge in [0, 0.05) is 16.5 Å². The molecule has 0 saturated heterocycles. The van der Waals surface area contributed by atoms with Gasteiger partial charge in [-0.15, -0.1) is 0 Å². The Kier molecular flexibility index (Phi) is 3.55. The molecule has 3 aromatic rings. The van der Waals surface area contributed by atoms with Gasteiger partial charge >= 0.3 is 0 Å². The minimum Gasteiger partial charge on any atom is -0.508 e. The van der Waals surface area contributed by atoms with Gasteiger partial charge in [0.1, 0.15) is 29.1 Å². The van der Waals surface area contributed by atoms with Crippen LogP contribution >= 0.6 is 0 Å². The summed E-state index contributed by atoms with van der Waals surface area (Å²) in [5, 5.41) is 10.3. The van der Waals surface area contributed by atoms with Crippen molar-refractivity contribution in [2.24, 2.45) is 0 Å². The predicted molar refractivity (Wildman–Crippen MR) is 83.3 cm³/mol. The van der Waals surface area contributed by atoms with E-state index in [0.717, 1.165) is 5.56 Å². The maximum absolute atomic E-state index is 13.2. The lowest BCUT2D eigenvalue weighted by atomic mass is 9.97. The molecular formula is C16H14F2N4O. The Labute approximate surface area is 130 Å². The number of nitrogens with two attached hydrogens (primary N) is 1. The first-order valence-corrected chi connectivity index (χ1v) is 6.89. The van der Waals surface area contributed by atoms with Crippen LogP contribution in [0.1, 0.15) is 23.2 Å². The molecule has 3 N–H and O–H groups in total. The smallest absolute Gasteiger partial charge is 0.280 e. The van der Waals surface area contributed by atoms with E-state index in [-0.39, 0.29) is 17.3 Å². The molecule has 0 fully saturated rings. The van der Waals surface area contributed by atoms with Crippen molar-refractivity contribution in [3.05, 3.63) is 41.3 Å². The van der Waals surface area contributed by atoms with Gasteiger partial charge in [-0.2, -0.15) is 0 Å². The van der Waals surface area contributed by atoms with Crippen LogP contribution in [0.4, 0.5) is 14.6 Å². The van der Waals surface area contributed by atoms with Crippen LogP contribution in [-0.2, 0) is 0 Å². The number of aromatic nitrogens is 3. The Morgan fingerprint density at radius 2 is 1.91 bits per heavy atom. The largest absolute Gasteiger partial charge is 0.508 e. The first-order chi connectivity index (χ1) is 10.9. The summed E-state index contributed by atoms with van der Waals surface area (Å²) in [6.07, 6.45) is -1.49. The molecule has 0 radical (unpaired) electrons. The van der Waals surface area contributed by atoms with Crippen LogP contribution in [0.3, 0.4) is 0 Å². The van der Waals surface area contributed by atoms with Crippen LogP contribution < -0.4 is 5.73 Å². The van der Waals surface area contributed by atoms with Crippen molar-refractivity contribution in [1.29, 1.82) is 0 Å². The Hall–Kier alpha value is -2.83. The Bertz CT molecular complexity index is 912. The number of rotatable bonds is 2. The number of anilines is 1. The molecule has 0 saturated carbocycles. The third kappa shape index (κ3) is 2.44. The number of nitrogen functional groups attached to an aromatic ring is 1. The van der Waals surface area contributed by atoms with E-state index >= 15 is 0 Å². The molecule has 2 aromatic heterocycles. The number of hydrogen-bond donors (Lipinski definition) is 2. The van der Waals surface area contributed by atoms with Crippen molar-refractivity contribution >= 4 is 16.7 Å². The molecule has 0 atom stereocenters. The molecule has 5 nitrogen and oxygen atoms in total. The number of phenolic OH excluding ortho intramolecular Hbond substituents is 1. The van der Waals surface area contributed by atoms with Gasteiger partial charge < -0.3 is 10.8 Å². The molecule has 23 heavy (non-hydrogen) atoms. The number of alkyl halides is 2. The number of aryl methyl sites for hydroxylation is 1. The van der Waals surface area contributed by atoms with E-state index in [9.17, 15) is 13.9 Å². The molecule has 0 amide bonds. The van der Waals surface area contributed by atoms with Gasteiger partial charge in [0.2, 0.25) is 0 Å². The average molecular weight is 316 g/mol. The average Bonchev–Trinajstić information content (AvgIpc) is 2.51. The van der Waals surface area contributed by atoms with Gasteiger partial charge in [-0.05, 0) is 31.5 Å². The highest BCUT2D eigenvalue weighted by atomic mass is 19.3. The standard InChI is InChI=1S/C16H14F2N4O/c1-7-3-4-11(23)8(2)12(7)14-13-9(16(19)21-6-20-13)5-10(22-14)15(17)18/h3-6,15,23H,1-2H3,(H2,19,20,21). The van der Waals surface area contributed by atoms with Crippen molar-refractivity contribution in [3.63, 3.8) is 0 Å². The number of hydrogen-bond acceptors (Lipinski definition) is 5. The molecule has 0 unspecified atom stereocenters. The van der Waals surface area contributed by atoms with E-state index in [1.807, 2.05) is 6.92 Å². The van der Waals surface area contributed by atoms with E-state index in [1.165, 1.54) is 12.4 Å². The molecule has 0 aliphatic carbocycles. The van der Waals surface area contributed by atoms with Crippen LogP contribution in [-0.4, -0.2) is 20.1 Å². The molecule has 1 aromatic carbocycles. The van der Waals surface area contributed by atoms with Crippen LogP contribution in [0, 0.1) is 13.8 Å². The second-order valence-corrected chi connectivity index (χ2v) is 5.25. The zero-order valence-electron chi connectivity index (χ0n) is 12.5. The lowest BCUT2D eigenvalue weighted by Crippen LogP contribution is -2.02. The molecule has 0 aliphatic rings. The topological polar surface area (TPSA) is 84.9 Å². The lowest BCUT2D eigenvalue weighted by molar-refractivity contribution is 0.146. The zero-order valence-corrected chi connectivity index (χ0v) is 12.5. The van der Waals surface area contributed by atoms with Crippen LogP contribution in [0.25, 0.3) is 22.2 Å². The Morgan fingerprint density at radius 3 is 2.61 bits per heavy atom. The first kappa shape index (κ1) is 15.1. The number of nitrogens with zero attached hydrogens (tertiary/aromatic N) is 3. The number of halogens is 2. The molecule has 118 valence electrons. The lowest BCUT2D eigenvalue weighted by Gasteiger charge is -2.14. The van der Waals surface area contributed by atoms with Crippen molar-refractivity contribution in [3.8, 4) is 17.0 Å². The minimum atomic E-state index is -2.75. The van der Waals surface area contributed by atoms with Crippen molar-refractivity contribution in [2.75, 3.05) is 5.73 Å². The summed E-state index contributed by atoms with van der Waals surface area (Å²) in [6.45, 7) is 3.51. The van der Waals surface area contributed by atoms with Crippen LogP contribution in [0.2, 0.25) is 0 Å². The van der Waals surface area contributed by atoms with Crippen LogP contribution in [0.5, 0.6) is 5.75 Å². The molecule has 0 bridgehead atoms. The third-order valence-electron chi connectivity index (χ3n) is 3.78. The van der Waals surface area contributed by atoms with E-state index in [2.05, 4.69) is 15.0 Å². The minimum absolute atomic E-state index is 0.0602. The third-order valence-corrected chi connectivity index (χ3v) is 3.78. The highest BCUT2D eigenvalue weighted by molar-refractivity contribution is 5.98.